The van der Waals surface area contributed by atoms with Gasteiger partial charge in [-0.2, -0.15) is 0 Å². The van der Waals surface area contributed by atoms with Crippen LogP contribution in [0.1, 0.15) is 41.6 Å². The number of hydrogen-bond donors (Lipinski definition) is 1. The van der Waals surface area contributed by atoms with Gasteiger partial charge in [0.1, 0.15) is 6.10 Å². The number of carbonyl (C=O) groups is 1. The Bertz CT molecular complexity index is 938. The molecule has 6 nitrogen and oxygen atoms in total. The lowest BCUT2D eigenvalue weighted by molar-refractivity contribution is 0.0130. The van der Waals surface area contributed by atoms with Gasteiger partial charge in [0.05, 0.1) is 16.5 Å². The Morgan fingerprint density at radius 2 is 1.62 bits per heavy atom. The molecule has 1 fully saturated rings. The van der Waals surface area contributed by atoms with E-state index in [1.165, 1.54) is 0 Å². The lowest BCUT2D eigenvalue weighted by atomic mass is 9.93. The molecule has 2 atom stereocenters. The molecule has 29 heavy (non-hydrogen) atoms. The van der Waals surface area contributed by atoms with Crippen molar-refractivity contribution in [2.24, 2.45) is 0 Å². The minimum Gasteiger partial charge on any atom is -0.457 e. The normalized spacial score (nSPS) is 19.6. The molecule has 0 unspecified atom stereocenters. The Hall–Kier alpha value is -2.38. The van der Waals surface area contributed by atoms with E-state index in [9.17, 15) is 13.2 Å². The quantitative estimate of drug-likeness (QED) is 0.730. The number of rotatable bonds is 6. The molecule has 1 saturated carbocycles. The smallest absolute Gasteiger partial charge is 0.338 e. The molecule has 2 aromatic carbocycles. The van der Waals surface area contributed by atoms with Crippen LogP contribution in [-0.4, -0.2) is 40.6 Å². The van der Waals surface area contributed by atoms with Gasteiger partial charge in [-0.1, -0.05) is 24.1 Å². The highest BCUT2D eigenvalue weighted by Gasteiger charge is 2.32. The molecular formula is C22H28N2O4S. The van der Waals surface area contributed by atoms with Crippen molar-refractivity contribution in [1.29, 1.82) is 0 Å². The van der Waals surface area contributed by atoms with Crippen molar-refractivity contribution in [3.05, 3.63) is 59.7 Å². The van der Waals surface area contributed by atoms with E-state index < -0.39 is 28.1 Å². The third-order valence-electron chi connectivity index (χ3n) is 5.22. The third kappa shape index (κ3) is 5.36. The first kappa shape index (κ1) is 21.3. The van der Waals surface area contributed by atoms with Crippen molar-refractivity contribution in [3.8, 4) is 0 Å². The lowest BCUT2D eigenvalue weighted by Crippen LogP contribution is -2.47. The number of hydrogen-bond acceptors (Lipinski definition) is 5. The molecule has 0 bridgehead atoms. The molecule has 0 spiro atoms. The maximum atomic E-state index is 12.8. The van der Waals surface area contributed by atoms with Gasteiger partial charge in [-0.15, -0.1) is 0 Å². The number of aryl methyl sites for hydroxylation is 1. The summed E-state index contributed by atoms with van der Waals surface area (Å²) in [5.74, 6) is -0.429. The minimum absolute atomic E-state index is 0.220. The molecule has 2 aromatic rings. The molecule has 0 heterocycles. The summed E-state index contributed by atoms with van der Waals surface area (Å²) in [5.41, 5.74) is 2.44. The van der Waals surface area contributed by atoms with Crippen LogP contribution in [0.15, 0.2) is 53.4 Å². The Labute approximate surface area is 172 Å². The summed E-state index contributed by atoms with van der Waals surface area (Å²) in [6.45, 7) is 1.91. The highest BCUT2D eigenvalue weighted by atomic mass is 32.2. The monoisotopic (exact) mass is 416 g/mol. The first-order chi connectivity index (χ1) is 13.8. The fourth-order valence-corrected chi connectivity index (χ4v) is 4.76. The Morgan fingerprint density at radius 1 is 1.00 bits per heavy atom. The number of ether oxygens (including phenoxy) is 1. The van der Waals surface area contributed by atoms with Crippen LogP contribution in [0.3, 0.4) is 0 Å². The van der Waals surface area contributed by atoms with E-state index in [1.54, 1.807) is 36.4 Å². The van der Waals surface area contributed by atoms with Gasteiger partial charge in [0, 0.05) is 19.8 Å². The summed E-state index contributed by atoms with van der Waals surface area (Å²) in [7, 11) is 0.189. The fourth-order valence-electron chi connectivity index (χ4n) is 3.46. The second kappa shape index (κ2) is 8.97. The number of benzene rings is 2. The van der Waals surface area contributed by atoms with E-state index in [-0.39, 0.29) is 4.90 Å². The van der Waals surface area contributed by atoms with Crippen LogP contribution in [0.4, 0.5) is 5.69 Å². The summed E-state index contributed by atoms with van der Waals surface area (Å²) in [4.78, 5) is 14.8. The van der Waals surface area contributed by atoms with E-state index in [1.807, 2.05) is 38.1 Å². The zero-order chi connectivity index (χ0) is 21.0. The van der Waals surface area contributed by atoms with Gasteiger partial charge in [-0.3, -0.25) is 0 Å². The van der Waals surface area contributed by atoms with Crippen molar-refractivity contribution in [1.82, 2.24) is 4.72 Å². The van der Waals surface area contributed by atoms with Gasteiger partial charge in [0.25, 0.3) is 0 Å². The SMILES string of the molecule is Cc1ccc(S(=O)(=O)N[C@@H]2CCCC[C@H]2OC(=O)c2ccc(N(C)C)cc2)cc1. The number of esters is 1. The van der Waals surface area contributed by atoms with Crippen LogP contribution in [0, 0.1) is 6.92 Å². The number of sulfonamides is 1. The van der Waals surface area contributed by atoms with Crippen LogP contribution >= 0.6 is 0 Å². The Balaban J connectivity index is 1.70. The zero-order valence-corrected chi connectivity index (χ0v) is 17.9. The maximum Gasteiger partial charge on any atom is 0.338 e. The second-order valence-electron chi connectivity index (χ2n) is 7.71. The average molecular weight is 417 g/mol. The van der Waals surface area contributed by atoms with E-state index in [4.69, 9.17) is 4.74 Å². The Morgan fingerprint density at radius 3 is 2.24 bits per heavy atom. The minimum atomic E-state index is -3.67. The zero-order valence-electron chi connectivity index (χ0n) is 17.1. The van der Waals surface area contributed by atoms with Gasteiger partial charge in [-0.25, -0.2) is 17.9 Å². The molecular weight excluding hydrogens is 388 g/mol. The highest BCUT2D eigenvalue weighted by molar-refractivity contribution is 7.89. The standard InChI is InChI=1S/C22H28N2O4S/c1-16-8-14-19(15-9-16)29(26,27)23-20-6-4-5-7-21(20)28-22(25)17-10-12-18(13-11-17)24(2)3/h8-15,20-21,23H,4-7H2,1-3H3/t20-,21-/m1/s1. The van der Waals surface area contributed by atoms with Gasteiger partial charge in [0.15, 0.2) is 0 Å². The molecule has 1 N–H and O–H groups in total. The topological polar surface area (TPSA) is 75.7 Å². The molecule has 156 valence electrons. The lowest BCUT2D eigenvalue weighted by Gasteiger charge is -2.31. The largest absolute Gasteiger partial charge is 0.457 e. The van der Waals surface area contributed by atoms with E-state index in [2.05, 4.69) is 4.72 Å². The molecule has 3 rings (SSSR count). The van der Waals surface area contributed by atoms with Crippen molar-refractivity contribution >= 4 is 21.7 Å². The number of nitrogens with zero attached hydrogens (tertiary/aromatic N) is 1. The maximum absolute atomic E-state index is 12.8. The Kier molecular flexibility index (Phi) is 6.59. The summed E-state index contributed by atoms with van der Waals surface area (Å²) >= 11 is 0. The molecule has 1 aliphatic carbocycles. The third-order valence-corrected chi connectivity index (χ3v) is 6.72. The predicted molar refractivity (Wildman–Crippen MR) is 114 cm³/mol. The van der Waals surface area contributed by atoms with Crippen molar-refractivity contribution in [3.63, 3.8) is 0 Å². The summed E-state index contributed by atoms with van der Waals surface area (Å²) in [5, 5.41) is 0. The van der Waals surface area contributed by atoms with Crippen LogP contribution in [-0.2, 0) is 14.8 Å². The first-order valence-corrected chi connectivity index (χ1v) is 11.3. The van der Waals surface area contributed by atoms with Gasteiger partial charge in [-0.05, 0) is 62.6 Å². The molecule has 7 heteroatoms. The molecule has 0 saturated heterocycles. The summed E-state index contributed by atoms with van der Waals surface area (Å²) in [6, 6.07) is 13.5. The van der Waals surface area contributed by atoms with Gasteiger partial charge in [0.2, 0.25) is 10.0 Å². The van der Waals surface area contributed by atoms with Crippen LogP contribution in [0.2, 0.25) is 0 Å². The molecule has 0 aromatic heterocycles. The molecule has 0 aliphatic heterocycles. The summed E-state index contributed by atoms with van der Waals surface area (Å²) in [6.07, 6.45) is 2.60. The molecule has 1 aliphatic rings. The molecule has 0 amide bonds. The van der Waals surface area contributed by atoms with Crippen molar-refractivity contribution < 1.29 is 17.9 Å². The van der Waals surface area contributed by atoms with Crippen LogP contribution < -0.4 is 9.62 Å². The predicted octanol–water partition coefficient (Wildman–Crippen LogP) is 3.51. The van der Waals surface area contributed by atoms with Crippen molar-refractivity contribution in [2.75, 3.05) is 19.0 Å². The van der Waals surface area contributed by atoms with Gasteiger partial charge < -0.3 is 9.64 Å². The number of anilines is 1. The van der Waals surface area contributed by atoms with E-state index >= 15 is 0 Å². The first-order valence-electron chi connectivity index (χ1n) is 9.83. The molecule has 0 radical (unpaired) electrons. The summed E-state index contributed by atoms with van der Waals surface area (Å²) < 4.78 is 34.0. The second-order valence-corrected chi connectivity index (χ2v) is 9.42. The van der Waals surface area contributed by atoms with E-state index in [0.717, 1.165) is 24.1 Å². The number of carbonyl (C=O) groups excluding carboxylic acids is 1. The van der Waals surface area contributed by atoms with Crippen molar-refractivity contribution in [2.45, 2.75) is 49.6 Å². The van der Waals surface area contributed by atoms with Crippen LogP contribution in [0.25, 0.3) is 0 Å². The van der Waals surface area contributed by atoms with Crippen LogP contribution in [0.5, 0.6) is 0 Å². The fraction of sp³-hybridized carbons (Fsp3) is 0.409. The van der Waals surface area contributed by atoms with Gasteiger partial charge >= 0.3 is 5.97 Å². The average Bonchev–Trinajstić information content (AvgIpc) is 2.69. The highest BCUT2D eigenvalue weighted by Crippen LogP contribution is 2.25. The number of nitrogens with one attached hydrogen (secondary N) is 1. The van der Waals surface area contributed by atoms with E-state index in [0.29, 0.717) is 18.4 Å².